The quantitative estimate of drug-likeness (QED) is 0.587. The Morgan fingerprint density at radius 2 is 1.93 bits per heavy atom. The van der Waals surface area contributed by atoms with Crippen LogP contribution >= 0.6 is 8.95 Å². The zero-order valence-electron chi connectivity index (χ0n) is 9.90. The molecule has 0 amide bonds. The minimum atomic E-state index is -0.982. The summed E-state index contributed by atoms with van der Waals surface area (Å²) in [5.41, 5.74) is 0. The fourth-order valence-corrected chi connectivity index (χ4v) is 13.7. The maximum absolute atomic E-state index is 3.44. The molecule has 0 spiro atoms. The standard InChI is InChI=1S/C6H14N.C2H6S.C2H5.BrH.Sn/c1-4-7-5-6(2)3;1-2-3;1-2;;/h6-7H,2,4-5H2,1,3H3;3H,2H2,1H3;1H2,2H3;1H;/q;;;;+2/p-2. The number of rotatable bonds is 8. The third kappa shape index (κ3) is 10.1. The van der Waals surface area contributed by atoms with Crippen molar-refractivity contribution in [3.63, 3.8) is 0 Å². The van der Waals surface area contributed by atoms with E-state index in [4.69, 9.17) is 0 Å². The molecular formula is C10H24BrNSSn. The van der Waals surface area contributed by atoms with E-state index in [-0.39, 0.29) is 17.0 Å². The predicted octanol–water partition coefficient (Wildman–Crippen LogP) is 0.000500. The molecule has 0 bridgehead atoms. The molecule has 4 heteroatoms. The van der Waals surface area contributed by atoms with Crippen molar-refractivity contribution >= 4 is 27.3 Å². The van der Waals surface area contributed by atoms with Crippen LogP contribution in [0, 0.1) is 5.92 Å². The Morgan fingerprint density at radius 3 is 2.36 bits per heavy atom. The largest absolute Gasteiger partial charge is 1.00 e. The minimum absolute atomic E-state index is 0. The minimum Gasteiger partial charge on any atom is -1.00 e. The van der Waals surface area contributed by atoms with Gasteiger partial charge in [-0.3, -0.25) is 0 Å². The van der Waals surface area contributed by atoms with Crippen LogP contribution in [0.1, 0.15) is 27.7 Å². The van der Waals surface area contributed by atoms with Crippen molar-refractivity contribution in [2.24, 2.45) is 5.92 Å². The Hall–Kier alpha value is 1.59. The van der Waals surface area contributed by atoms with Crippen molar-refractivity contribution in [1.29, 1.82) is 0 Å². The maximum atomic E-state index is 3.44. The zero-order valence-corrected chi connectivity index (χ0v) is 15.2. The van der Waals surface area contributed by atoms with Crippen LogP contribution in [0.2, 0.25) is 8.87 Å². The number of hydrogen-bond acceptors (Lipinski definition) is 2. The topological polar surface area (TPSA) is 12.0 Å². The van der Waals surface area contributed by atoms with E-state index in [1.807, 2.05) is 0 Å². The second-order valence-electron chi connectivity index (χ2n) is 3.44. The first-order valence-electron chi connectivity index (χ1n) is 5.42. The second kappa shape index (κ2) is 12.7. The van der Waals surface area contributed by atoms with E-state index in [0.29, 0.717) is 0 Å². The van der Waals surface area contributed by atoms with Gasteiger partial charge in [-0.25, -0.2) is 0 Å². The van der Waals surface area contributed by atoms with Crippen molar-refractivity contribution in [2.75, 3.05) is 18.8 Å². The molecule has 0 aromatic rings. The van der Waals surface area contributed by atoms with Crippen LogP contribution in [-0.2, 0) is 0 Å². The van der Waals surface area contributed by atoms with Gasteiger partial charge in [-0.1, -0.05) is 0 Å². The summed E-state index contributed by atoms with van der Waals surface area (Å²) in [5, 5.41) is 3.44. The van der Waals surface area contributed by atoms with Crippen molar-refractivity contribution in [1.82, 2.24) is 5.32 Å². The Bertz CT molecular complexity index is 116. The molecule has 0 aliphatic rings. The normalized spacial score (nSPS) is 12.0. The van der Waals surface area contributed by atoms with Gasteiger partial charge >= 0.3 is 94.0 Å². The molecule has 1 atom stereocenters. The van der Waals surface area contributed by atoms with Crippen LogP contribution in [-0.4, -0.2) is 37.2 Å². The van der Waals surface area contributed by atoms with Gasteiger partial charge in [-0.05, 0) is 0 Å². The van der Waals surface area contributed by atoms with Crippen LogP contribution in [0.3, 0.4) is 0 Å². The number of hydrogen-bond donors (Lipinski definition) is 1. The molecule has 0 aliphatic carbocycles. The maximum Gasteiger partial charge on any atom is -1.00 e. The molecule has 1 N–H and O–H groups in total. The van der Waals surface area contributed by atoms with E-state index < -0.39 is 18.4 Å². The molecule has 1 unspecified atom stereocenters. The summed E-state index contributed by atoms with van der Waals surface area (Å²) < 4.78 is 3.07. The molecule has 86 valence electrons. The van der Waals surface area contributed by atoms with E-state index in [2.05, 4.69) is 42.0 Å². The monoisotopic (exact) mass is 389 g/mol. The molecule has 0 saturated carbocycles. The Kier molecular flexibility index (Phi) is 16.2. The first-order valence-corrected chi connectivity index (χ1v) is 13.9. The molecule has 0 aromatic heterocycles. The summed E-state index contributed by atoms with van der Waals surface area (Å²) in [6.07, 6.45) is 0. The Balaban J connectivity index is 0. The molecule has 0 fully saturated rings. The van der Waals surface area contributed by atoms with E-state index in [1.165, 1.54) is 16.7 Å². The third-order valence-corrected chi connectivity index (χ3v) is 17.3. The van der Waals surface area contributed by atoms with Crippen LogP contribution < -0.4 is 22.3 Å². The van der Waals surface area contributed by atoms with Crippen molar-refractivity contribution in [3.05, 3.63) is 0 Å². The molecule has 14 heavy (non-hydrogen) atoms. The van der Waals surface area contributed by atoms with Gasteiger partial charge in [-0.15, -0.1) is 0 Å². The molecule has 0 rings (SSSR count). The van der Waals surface area contributed by atoms with Gasteiger partial charge in [0.2, 0.25) is 0 Å². The van der Waals surface area contributed by atoms with Gasteiger partial charge in [0, 0.05) is 0 Å². The fourth-order valence-electron chi connectivity index (χ4n) is 1.36. The van der Waals surface area contributed by atoms with Crippen molar-refractivity contribution < 1.29 is 17.0 Å². The van der Waals surface area contributed by atoms with E-state index in [9.17, 15) is 0 Å². The molecule has 0 aliphatic heterocycles. The van der Waals surface area contributed by atoms with Crippen molar-refractivity contribution in [3.8, 4) is 0 Å². The Labute approximate surface area is 110 Å². The molecule has 0 saturated heterocycles. The van der Waals surface area contributed by atoms with Crippen LogP contribution in [0.15, 0.2) is 0 Å². The Morgan fingerprint density at radius 1 is 1.29 bits per heavy atom. The second-order valence-corrected chi connectivity index (χ2v) is 16.9. The third-order valence-electron chi connectivity index (χ3n) is 2.06. The van der Waals surface area contributed by atoms with Gasteiger partial charge in [-0.2, -0.15) is 0 Å². The van der Waals surface area contributed by atoms with Crippen LogP contribution in [0.25, 0.3) is 0 Å². The molecular weight excluding hydrogens is 365 g/mol. The first-order chi connectivity index (χ1) is 6.24. The summed E-state index contributed by atoms with van der Waals surface area (Å²) in [7, 11) is 2.31. The summed E-state index contributed by atoms with van der Waals surface area (Å²) in [6, 6.07) is 0. The van der Waals surface area contributed by atoms with E-state index in [1.54, 1.807) is 4.44 Å². The van der Waals surface area contributed by atoms with Gasteiger partial charge in [0.1, 0.15) is 0 Å². The number of halogens is 1. The SMILES string of the molecule is CCNCC(C)[CH2][Sn+]([CH2]C)[S]CC.[Br-]. The molecule has 0 aromatic carbocycles. The van der Waals surface area contributed by atoms with Crippen LogP contribution in [0.4, 0.5) is 0 Å². The van der Waals surface area contributed by atoms with Crippen molar-refractivity contribution in [2.45, 2.75) is 36.6 Å². The summed E-state index contributed by atoms with van der Waals surface area (Å²) >= 11 is -0.982. The molecule has 0 radical (unpaired) electrons. The van der Waals surface area contributed by atoms with E-state index in [0.717, 1.165) is 12.5 Å². The van der Waals surface area contributed by atoms with Gasteiger partial charge in [0.15, 0.2) is 0 Å². The summed E-state index contributed by atoms with van der Waals surface area (Å²) in [4.78, 5) is 0. The van der Waals surface area contributed by atoms with Crippen LogP contribution in [0.5, 0.6) is 0 Å². The van der Waals surface area contributed by atoms with Gasteiger partial charge in [0.05, 0.1) is 0 Å². The first kappa shape index (κ1) is 18.0. The summed E-state index contributed by atoms with van der Waals surface area (Å²) in [6.45, 7) is 11.6. The molecule has 0 heterocycles. The summed E-state index contributed by atoms with van der Waals surface area (Å²) in [5.74, 6) is 2.25. The predicted molar refractivity (Wildman–Crippen MR) is 66.9 cm³/mol. The van der Waals surface area contributed by atoms with Gasteiger partial charge in [0.25, 0.3) is 0 Å². The average molecular weight is 389 g/mol. The fraction of sp³-hybridized carbons (Fsp3) is 1.00. The smallest absolute Gasteiger partial charge is 1.00 e. The zero-order chi connectivity index (χ0) is 10.1. The average Bonchev–Trinajstić information content (AvgIpc) is 2.14. The van der Waals surface area contributed by atoms with Gasteiger partial charge < -0.3 is 17.0 Å². The number of nitrogens with one attached hydrogen (secondary N) is 1. The van der Waals surface area contributed by atoms with E-state index >= 15 is 0 Å². The molecule has 1 nitrogen and oxygen atoms in total.